The molecule has 37 heavy (non-hydrogen) atoms. The zero-order valence-electron chi connectivity index (χ0n) is 23.2. The van der Waals surface area contributed by atoms with Crippen LogP contribution in [0.2, 0.25) is 0 Å². The van der Waals surface area contributed by atoms with Crippen molar-refractivity contribution in [1.29, 1.82) is 0 Å². The molecular weight excluding hydrogens is 452 g/mol. The molecule has 4 aliphatic heterocycles. The van der Waals surface area contributed by atoms with Gasteiger partial charge in [-0.05, 0) is 87.1 Å². The van der Waals surface area contributed by atoms with Gasteiger partial charge in [-0.25, -0.2) is 0 Å². The summed E-state index contributed by atoms with van der Waals surface area (Å²) in [6.45, 7) is 9.83. The van der Waals surface area contributed by atoms with E-state index in [1.54, 1.807) is 11.1 Å². The van der Waals surface area contributed by atoms with E-state index in [1.807, 2.05) is 11.1 Å². The van der Waals surface area contributed by atoms with Crippen LogP contribution in [0.3, 0.4) is 0 Å². The summed E-state index contributed by atoms with van der Waals surface area (Å²) in [5.41, 5.74) is 7.53. The minimum atomic E-state index is 0.145. The first-order chi connectivity index (χ1) is 18.0. The zero-order valence-corrected chi connectivity index (χ0v) is 23.2. The number of rotatable bonds is 1. The zero-order chi connectivity index (χ0) is 24.7. The Morgan fingerprint density at radius 1 is 1.05 bits per heavy atom. The highest BCUT2D eigenvalue weighted by Gasteiger charge is 2.77. The van der Waals surface area contributed by atoms with Crippen LogP contribution in [-0.4, -0.2) is 41.3 Å². The maximum absolute atomic E-state index is 7.10. The SMILES string of the molecule is CC1=CC2=C(C3C(C4=CN5CC=CC5C5C4C(C)CC54OC5CCCC[C@@H]54)C34NCCCCC24)[C@H](C)C1. The van der Waals surface area contributed by atoms with Crippen molar-refractivity contribution in [2.45, 2.75) is 102 Å². The molecule has 2 spiro atoms. The molecule has 9 rings (SSSR count). The Morgan fingerprint density at radius 2 is 1.92 bits per heavy atom. The summed E-state index contributed by atoms with van der Waals surface area (Å²) < 4.78 is 7.10. The number of nitrogens with zero attached hydrogens (tertiary/aromatic N) is 1. The lowest BCUT2D eigenvalue weighted by Gasteiger charge is -2.61. The Morgan fingerprint density at radius 3 is 2.81 bits per heavy atom. The highest BCUT2D eigenvalue weighted by atomic mass is 16.5. The first kappa shape index (κ1) is 22.5. The van der Waals surface area contributed by atoms with Crippen molar-refractivity contribution in [2.75, 3.05) is 13.1 Å². The maximum Gasteiger partial charge on any atom is 0.0798 e. The number of hydrogen-bond donors (Lipinski definition) is 1. The number of hydrogen-bond acceptors (Lipinski definition) is 3. The van der Waals surface area contributed by atoms with Crippen LogP contribution < -0.4 is 5.32 Å². The van der Waals surface area contributed by atoms with Crippen molar-refractivity contribution in [3.8, 4) is 0 Å². The van der Waals surface area contributed by atoms with Gasteiger partial charge in [-0.15, -0.1) is 0 Å². The summed E-state index contributed by atoms with van der Waals surface area (Å²) in [6.07, 6.45) is 23.2. The fourth-order valence-electron chi connectivity index (χ4n) is 12.3. The van der Waals surface area contributed by atoms with E-state index in [2.05, 4.69) is 55.4 Å². The van der Waals surface area contributed by atoms with E-state index in [0.717, 1.165) is 30.2 Å². The molecule has 0 bridgehead atoms. The predicted octanol–water partition coefficient (Wildman–Crippen LogP) is 6.40. The monoisotopic (exact) mass is 498 g/mol. The van der Waals surface area contributed by atoms with Crippen LogP contribution in [0.5, 0.6) is 0 Å². The molecule has 12 atom stereocenters. The first-order valence-electron chi connectivity index (χ1n) is 16.0. The molecular formula is C34H46N2O. The van der Waals surface area contributed by atoms with Crippen LogP contribution in [0, 0.1) is 47.3 Å². The Labute approximate surface area is 223 Å². The molecule has 9 aliphatic rings. The normalized spacial score (nSPS) is 54.8. The lowest BCUT2D eigenvalue weighted by molar-refractivity contribution is -0.295. The molecule has 0 amide bonds. The molecule has 10 unspecified atom stereocenters. The van der Waals surface area contributed by atoms with Crippen molar-refractivity contribution >= 4 is 0 Å². The molecule has 5 aliphatic carbocycles. The van der Waals surface area contributed by atoms with E-state index < -0.39 is 0 Å². The second kappa shape index (κ2) is 7.45. The van der Waals surface area contributed by atoms with Crippen molar-refractivity contribution in [1.82, 2.24) is 10.2 Å². The summed E-state index contributed by atoms with van der Waals surface area (Å²) in [7, 11) is 0. The Balaban J connectivity index is 1.15. The third-order valence-electron chi connectivity index (χ3n) is 13.2. The van der Waals surface area contributed by atoms with E-state index in [1.165, 1.54) is 64.3 Å². The quantitative estimate of drug-likeness (QED) is 0.424. The Bertz CT molecular complexity index is 1160. The molecule has 3 heteroatoms. The van der Waals surface area contributed by atoms with Gasteiger partial charge >= 0.3 is 0 Å². The van der Waals surface area contributed by atoms with Gasteiger partial charge in [0.05, 0.1) is 17.7 Å². The number of nitrogens with one attached hydrogen (secondary N) is 1. The van der Waals surface area contributed by atoms with Crippen LogP contribution in [0.15, 0.2) is 46.7 Å². The number of fused-ring (bicyclic) bond motifs is 8. The van der Waals surface area contributed by atoms with E-state index in [-0.39, 0.29) is 5.60 Å². The molecule has 5 fully saturated rings. The van der Waals surface area contributed by atoms with Crippen molar-refractivity contribution in [2.24, 2.45) is 47.3 Å². The molecule has 3 saturated carbocycles. The molecule has 2 saturated heterocycles. The average Bonchev–Trinajstić information content (AvgIpc) is 3.07. The van der Waals surface area contributed by atoms with Gasteiger partial charge < -0.3 is 15.0 Å². The molecule has 198 valence electrons. The summed E-state index contributed by atoms with van der Waals surface area (Å²) in [5.74, 6) is 5.78. The molecule has 0 aromatic heterocycles. The van der Waals surface area contributed by atoms with Gasteiger partial charge in [0, 0.05) is 41.7 Å². The smallest absolute Gasteiger partial charge is 0.0798 e. The summed E-state index contributed by atoms with van der Waals surface area (Å²) in [6, 6.07) is 0.560. The minimum absolute atomic E-state index is 0.145. The van der Waals surface area contributed by atoms with Crippen molar-refractivity contribution in [3.05, 3.63) is 46.7 Å². The van der Waals surface area contributed by atoms with Crippen LogP contribution in [0.4, 0.5) is 0 Å². The Kier molecular flexibility index (Phi) is 4.53. The third-order valence-corrected chi connectivity index (χ3v) is 13.2. The van der Waals surface area contributed by atoms with Gasteiger partial charge in [0.15, 0.2) is 0 Å². The molecule has 4 heterocycles. The van der Waals surface area contributed by atoms with E-state index in [9.17, 15) is 0 Å². The van der Waals surface area contributed by atoms with Crippen LogP contribution in [0.1, 0.15) is 78.6 Å². The van der Waals surface area contributed by atoms with Gasteiger partial charge in [0.2, 0.25) is 0 Å². The molecule has 0 aromatic rings. The van der Waals surface area contributed by atoms with Crippen molar-refractivity contribution in [3.63, 3.8) is 0 Å². The maximum atomic E-state index is 7.10. The fourth-order valence-corrected chi connectivity index (χ4v) is 12.3. The second-order valence-electron chi connectivity index (χ2n) is 14.8. The number of allylic oxidation sites excluding steroid dienone is 2. The van der Waals surface area contributed by atoms with Crippen LogP contribution in [0.25, 0.3) is 0 Å². The summed E-state index contributed by atoms with van der Waals surface area (Å²) in [5, 5.41) is 4.30. The molecule has 0 radical (unpaired) electrons. The van der Waals surface area contributed by atoms with Gasteiger partial charge in [-0.3, -0.25) is 0 Å². The second-order valence-corrected chi connectivity index (χ2v) is 14.8. The van der Waals surface area contributed by atoms with Gasteiger partial charge in [-0.2, -0.15) is 0 Å². The highest BCUT2D eigenvalue weighted by molar-refractivity contribution is 5.58. The predicted molar refractivity (Wildman–Crippen MR) is 148 cm³/mol. The lowest BCUT2D eigenvalue weighted by atomic mass is 9.61. The molecule has 0 aromatic carbocycles. The topological polar surface area (TPSA) is 24.5 Å². The lowest BCUT2D eigenvalue weighted by Crippen LogP contribution is -2.66. The van der Waals surface area contributed by atoms with Crippen molar-refractivity contribution < 1.29 is 4.74 Å². The highest BCUT2D eigenvalue weighted by Crippen LogP contribution is 2.75. The molecule has 1 N–H and O–H groups in total. The van der Waals surface area contributed by atoms with Crippen LogP contribution in [-0.2, 0) is 4.74 Å². The fraction of sp³-hybridized carbons (Fsp3) is 0.765. The van der Waals surface area contributed by atoms with E-state index >= 15 is 0 Å². The van der Waals surface area contributed by atoms with Gasteiger partial charge in [0.1, 0.15) is 0 Å². The average molecular weight is 499 g/mol. The molecule has 3 nitrogen and oxygen atoms in total. The van der Waals surface area contributed by atoms with E-state index in [0.29, 0.717) is 41.4 Å². The summed E-state index contributed by atoms with van der Waals surface area (Å²) >= 11 is 0. The Hall–Kier alpha value is -1.32. The number of ether oxygens (including phenoxy) is 1. The largest absolute Gasteiger partial charge is 0.371 e. The summed E-state index contributed by atoms with van der Waals surface area (Å²) in [4.78, 5) is 2.75. The van der Waals surface area contributed by atoms with Gasteiger partial charge in [0.25, 0.3) is 0 Å². The standard InChI is InChI=1S/C34H46N2O/c1-19-15-20(2)28-22(16-19)24-9-6-7-13-35-34(24)30(32(28)34)23-18-36-14-8-11-26(36)31-29(23)21(3)17-33(31)25-10-4-5-12-27(25)37-33/h8,11,16,18,20-21,24-27,29-32,35H,4-7,9-10,12-15,17H2,1-3H3/t20-,21?,24?,25+,26?,27?,29?,30?,31?,32?,33?,34?/m1/s1. The van der Waals surface area contributed by atoms with Gasteiger partial charge in [-0.1, -0.05) is 62.5 Å². The third kappa shape index (κ3) is 2.63. The first-order valence-corrected chi connectivity index (χ1v) is 16.0. The van der Waals surface area contributed by atoms with Crippen LogP contribution >= 0.6 is 0 Å². The minimum Gasteiger partial charge on any atom is -0.371 e. The van der Waals surface area contributed by atoms with E-state index in [4.69, 9.17) is 4.74 Å².